The van der Waals surface area contributed by atoms with E-state index < -0.39 is 16.1 Å². The van der Waals surface area contributed by atoms with Gasteiger partial charge in [0.1, 0.15) is 0 Å². The Hall–Kier alpha value is -3.10. The molecular formula is C22H24N4O3S. The number of nitrogens with zero attached hydrogens (tertiary/aromatic N) is 2. The van der Waals surface area contributed by atoms with Gasteiger partial charge in [0.05, 0.1) is 16.3 Å². The smallest absolute Gasteiger partial charge is 0.241 e. The Morgan fingerprint density at radius 3 is 2.43 bits per heavy atom. The van der Waals surface area contributed by atoms with Gasteiger partial charge in [0.2, 0.25) is 15.9 Å². The van der Waals surface area contributed by atoms with E-state index in [0.717, 1.165) is 11.1 Å². The highest BCUT2D eigenvalue weighted by atomic mass is 32.2. The molecule has 0 radical (unpaired) electrons. The van der Waals surface area contributed by atoms with Crippen LogP contribution in [0.15, 0.2) is 65.6 Å². The number of para-hydroxylation sites is 2. The summed E-state index contributed by atoms with van der Waals surface area (Å²) in [6.45, 7) is 0.236. The van der Waals surface area contributed by atoms with Gasteiger partial charge >= 0.3 is 0 Å². The Kier molecular flexibility index (Phi) is 5.13. The molecule has 3 N–H and O–H groups in total. The van der Waals surface area contributed by atoms with E-state index >= 15 is 0 Å². The molecule has 1 amide bonds. The first-order chi connectivity index (χ1) is 14.3. The van der Waals surface area contributed by atoms with Crippen molar-refractivity contribution in [2.75, 3.05) is 36.2 Å². The Morgan fingerprint density at radius 2 is 1.70 bits per heavy atom. The highest BCUT2D eigenvalue weighted by Gasteiger charge is 2.34. The van der Waals surface area contributed by atoms with Gasteiger partial charge in [-0.05, 0) is 24.3 Å². The number of carbonyl (C=O) groups is 1. The van der Waals surface area contributed by atoms with Crippen LogP contribution in [0.2, 0.25) is 0 Å². The molecule has 1 aliphatic rings. The molecule has 30 heavy (non-hydrogen) atoms. The van der Waals surface area contributed by atoms with E-state index in [4.69, 9.17) is 5.73 Å². The van der Waals surface area contributed by atoms with Gasteiger partial charge in [-0.2, -0.15) is 0 Å². The summed E-state index contributed by atoms with van der Waals surface area (Å²) in [5.74, 6) is -0.159. The van der Waals surface area contributed by atoms with Gasteiger partial charge in [0.25, 0.3) is 0 Å². The number of rotatable bonds is 5. The maximum absolute atomic E-state index is 13.2. The summed E-state index contributed by atoms with van der Waals surface area (Å²) in [5.41, 5.74) is 8.01. The number of sulfonamides is 1. The second kappa shape index (κ2) is 7.62. The van der Waals surface area contributed by atoms with Crippen molar-refractivity contribution in [2.24, 2.45) is 0 Å². The number of nitrogens with one attached hydrogen (secondary N) is 1. The summed E-state index contributed by atoms with van der Waals surface area (Å²) >= 11 is 0. The molecule has 1 saturated heterocycles. The first-order valence-corrected chi connectivity index (χ1v) is 11.1. The molecule has 4 rings (SSSR count). The zero-order valence-electron chi connectivity index (χ0n) is 16.9. The predicted octanol–water partition coefficient (Wildman–Crippen LogP) is 2.57. The largest absolute Gasteiger partial charge is 0.397 e. The van der Waals surface area contributed by atoms with Gasteiger partial charge in [0.15, 0.2) is 0 Å². The Morgan fingerprint density at radius 1 is 1.00 bits per heavy atom. The second-order valence-corrected chi connectivity index (χ2v) is 9.29. The van der Waals surface area contributed by atoms with Crippen LogP contribution in [-0.4, -0.2) is 41.0 Å². The van der Waals surface area contributed by atoms with E-state index in [1.807, 2.05) is 37.2 Å². The van der Waals surface area contributed by atoms with Crippen LogP contribution in [0, 0.1) is 0 Å². The number of amides is 1. The van der Waals surface area contributed by atoms with Crippen molar-refractivity contribution in [3.05, 3.63) is 60.7 Å². The molecule has 3 aromatic rings. The fourth-order valence-electron chi connectivity index (χ4n) is 3.92. The molecule has 1 atom stereocenters. The third-order valence-corrected chi connectivity index (χ3v) is 6.88. The van der Waals surface area contributed by atoms with E-state index in [2.05, 4.69) is 4.72 Å². The number of benzene rings is 3. The maximum atomic E-state index is 13.2. The lowest BCUT2D eigenvalue weighted by Crippen LogP contribution is -2.37. The number of carbonyl (C=O) groups excluding carboxylic acids is 1. The zero-order valence-corrected chi connectivity index (χ0v) is 17.7. The van der Waals surface area contributed by atoms with Crippen molar-refractivity contribution in [2.45, 2.75) is 17.4 Å². The van der Waals surface area contributed by atoms with Gasteiger partial charge in [-0.25, -0.2) is 13.1 Å². The Labute approximate surface area is 176 Å². The summed E-state index contributed by atoms with van der Waals surface area (Å²) in [6.07, 6.45) is 0.0846. The predicted molar refractivity (Wildman–Crippen MR) is 120 cm³/mol. The van der Waals surface area contributed by atoms with Crippen LogP contribution >= 0.6 is 0 Å². The van der Waals surface area contributed by atoms with E-state index in [1.165, 1.54) is 4.90 Å². The van der Waals surface area contributed by atoms with E-state index in [9.17, 15) is 13.2 Å². The third kappa shape index (κ3) is 3.59. The zero-order chi connectivity index (χ0) is 21.5. The minimum atomic E-state index is -3.83. The van der Waals surface area contributed by atoms with Gasteiger partial charge in [-0.3, -0.25) is 4.79 Å². The van der Waals surface area contributed by atoms with Crippen molar-refractivity contribution in [1.82, 2.24) is 4.72 Å². The van der Waals surface area contributed by atoms with Crippen LogP contribution < -0.4 is 20.3 Å². The molecule has 1 fully saturated rings. The minimum Gasteiger partial charge on any atom is -0.397 e. The Bertz CT molecular complexity index is 1220. The fraction of sp³-hybridized carbons (Fsp3) is 0.227. The van der Waals surface area contributed by atoms with Crippen molar-refractivity contribution in [1.29, 1.82) is 0 Å². The monoisotopic (exact) mass is 424 g/mol. The molecule has 8 heteroatoms. The van der Waals surface area contributed by atoms with Gasteiger partial charge in [-0.1, -0.05) is 36.4 Å². The molecule has 7 nitrogen and oxygen atoms in total. The molecule has 0 aliphatic carbocycles. The third-order valence-electron chi connectivity index (χ3n) is 5.30. The lowest BCUT2D eigenvalue weighted by atomic mass is 10.1. The molecule has 0 spiro atoms. The normalized spacial score (nSPS) is 16.9. The number of nitrogen functional groups attached to an aromatic ring is 1. The lowest BCUT2D eigenvalue weighted by molar-refractivity contribution is -0.117. The summed E-state index contributed by atoms with van der Waals surface area (Å²) < 4.78 is 29.2. The SMILES string of the molecule is CN(C)c1cccc2c(S(=O)(=O)NC3CC(=O)N(c4ccccc4N)C3)cccc12. The number of anilines is 3. The average molecular weight is 425 g/mol. The highest BCUT2D eigenvalue weighted by Crippen LogP contribution is 2.31. The molecule has 1 heterocycles. The second-order valence-electron chi connectivity index (χ2n) is 7.61. The molecule has 0 bridgehead atoms. The van der Waals surface area contributed by atoms with Crippen LogP contribution in [-0.2, 0) is 14.8 Å². The number of hydrogen-bond donors (Lipinski definition) is 2. The van der Waals surface area contributed by atoms with Crippen LogP contribution in [0.5, 0.6) is 0 Å². The molecule has 156 valence electrons. The lowest BCUT2D eigenvalue weighted by Gasteiger charge is -2.20. The highest BCUT2D eigenvalue weighted by molar-refractivity contribution is 7.89. The number of nitrogens with two attached hydrogens (primary N) is 1. The summed E-state index contributed by atoms with van der Waals surface area (Å²) in [6, 6.07) is 17.4. The standard InChI is InChI=1S/C22H24N4O3S/c1-25(2)19-11-5-8-17-16(19)7-6-12-21(17)30(28,29)24-15-13-22(27)26(14-15)20-10-4-3-9-18(20)23/h3-12,15,24H,13-14,23H2,1-2H3. The Balaban J connectivity index is 1.64. The van der Waals surface area contributed by atoms with E-state index in [-0.39, 0.29) is 23.8 Å². The van der Waals surface area contributed by atoms with E-state index in [1.54, 1.807) is 42.5 Å². The molecule has 0 saturated carbocycles. The van der Waals surface area contributed by atoms with Crippen molar-refractivity contribution < 1.29 is 13.2 Å². The summed E-state index contributed by atoms with van der Waals surface area (Å²) in [5, 5.41) is 1.50. The molecule has 1 unspecified atom stereocenters. The molecular weight excluding hydrogens is 400 g/mol. The van der Waals surface area contributed by atoms with Gasteiger partial charge < -0.3 is 15.5 Å². The first-order valence-electron chi connectivity index (χ1n) is 9.64. The summed E-state index contributed by atoms with van der Waals surface area (Å²) in [4.78, 5) is 16.2. The summed E-state index contributed by atoms with van der Waals surface area (Å²) in [7, 11) is 0.00713. The molecule has 1 aliphatic heterocycles. The maximum Gasteiger partial charge on any atom is 0.241 e. The van der Waals surface area contributed by atoms with Gasteiger partial charge in [-0.15, -0.1) is 0 Å². The van der Waals surface area contributed by atoms with Crippen LogP contribution in [0.25, 0.3) is 10.8 Å². The first kappa shape index (κ1) is 20.2. The molecule has 0 aromatic heterocycles. The van der Waals surface area contributed by atoms with E-state index in [0.29, 0.717) is 16.8 Å². The number of hydrogen-bond acceptors (Lipinski definition) is 5. The molecule has 3 aromatic carbocycles. The van der Waals surface area contributed by atoms with Crippen molar-refractivity contribution >= 4 is 43.8 Å². The van der Waals surface area contributed by atoms with Crippen molar-refractivity contribution in [3.8, 4) is 0 Å². The quantitative estimate of drug-likeness (QED) is 0.614. The van der Waals surface area contributed by atoms with Crippen LogP contribution in [0.3, 0.4) is 0 Å². The fourth-order valence-corrected chi connectivity index (χ4v) is 5.37. The topological polar surface area (TPSA) is 95.7 Å². The van der Waals surface area contributed by atoms with Gasteiger partial charge in [0, 0.05) is 49.6 Å². The van der Waals surface area contributed by atoms with Crippen molar-refractivity contribution in [3.63, 3.8) is 0 Å². The number of fused-ring (bicyclic) bond motifs is 1. The van der Waals surface area contributed by atoms with Crippen LogP contribution in [0.4, 0.5) is 17.1 Å². The minimum absolute atomic E-state index is 0.0846. The van der Waals surface area contributed by atoms with Crippen LogP contribution in [0.1, 0.15) is 6.42 Å². The average Bonchev–Trinajstić information content (AvgIpc) is 3.06.